The van der Waals surface area contributed by atoms with Gasteiger partial charge in [-0.2, -0.15) is 0 Å². The Balaban J connectivity index is 0.000000340. The minimum atomic E-state index is 0.339. The number of unbranched alkanes of at least 4 members (excludes halogenated alkanes) is 12. The number of phenols is 4. The van der Waals surface area contributed by atoms with Crippen LogP contribution in [0.4, 0.5) is 0 Å². The smallest absolute Gasteiger partial charge is 0.122 e. The number of phenolic OH excluding ortho intramolecular Hbond substituents is 4. The zero-order valence-corrected chi connectivity index (χ0v) is 36.5. The molecule has 0 heterocycles. The van der Waals surface area contributed by atoms with Crippen molar-refractivity contribution in [3.63, 3.8) is 0 Å². The van der Waals surface area contributed by atoms with Crippen LogP contribution in [0.15, 0.2) is 48.5 Å². The van der Waals surface area contributed by atoms with Crippen molar-refractivity contribution in [1.29, 1.82) is 0 Å². The summed E-state index contributed by atoms with van der Waals surface area (Å²) < 4.78 is 0. The van der Waals surface area contributed by atoms with Gasteiger partial charge in [0.2, 0.25) is 0 Å². The second kappa shape index (κ2) is 24.7. The third-order valence-corrected chi connectivity index (χ3v) is 11.4. The number of hydrogen-bond acceptors (Lipinski definition) is 4. The van der Waals surface area contributed by atoms with Crippen LogP contribution in [0.2, 0.25) is 0 Å². The van der Waals surface area contributed by atoms with Gasteiger partial charge in [0.05, 0.1) is 0 Å². The van der Waals surface area contributed by atoms with Gasteiger partial charge in [-0.25, -0.2) is 0 Å². The van der Waals surface area contributed by atoms with Crippen molar-refractivity contribution in [2.45, 2.75) is 184 Å². The van der Waals surface area contributed by atoms with E-state index >= 15 is 0 Å². The zero-order valence-electron chi connectivity index (χ0n) is 36.5. The van der Waals surface area contributed by atoms with E-state index in [2.05, 4.69) is 65.8 Å². The molecule has 0 saturated carbocycles. The average molecular weight is 765 g/mol. The van der Waals surface area contributed by atoms with Crippen LogP contribution < -0.4 is 0 Å². The lowest BCUT2D eigenvalue weighted by atomic mass is 9.93. The molecule has 0 spiro atoms. The Kier molecular flexibility index (Phi) is 20.5. The first-order valence-electron chi connectivity index (χ1n) is 22.2. The Hall–Kier alpha value is -3.92. The summed E-state index contributed by atoms with van der Waals surface area (Å²) in [6.45, 7) is 16.8. The third-order valence-electron chi connectivity index (χ3n) is 11.4. The summed E-state index contributed by atoms with van der Waals surface area (Å²) in [5, 5.41) is 42.7. The van der Waals surface area contributed by atoms with Crippen molar-refractivity contribution in [2.24, 2.45) is 0 Å². The molecule has 56 heavy (non-hydrogen) atoms. The first-order chi connectivity index (χ1) is 26.9. The van der Waals surface area contributed by atoms with Crippen molar-refractivity contribution < 1.29 is 20.4 Å². The monoisotopic (exact) mass is 765 g/mol. The molecule has 0 aliphatic rings. The maximum atomic E-state index is 11.1. The fourth-order valence-electron chi connectivity index (χ4n) is 8.02. The van der Waals surface area contributed by atoms with Gasteiger partial charge in [-0.15, -0.1) is 0 Å². The fourth-order valence-corrected chi connectivity index (χ4v) is 8.02. The second-order valence-electron chi connectivity index (χ2n) is 16.5. The predicted molar refractivity (Wildman–Crippen MR) is 239 cm³/mol. The molecule has 0 saturated heterocycles. The summed E-state index contributed by atoms with van der Waals surface area (Å²) in [5.74, 6) is 1.53. The van der Waals surface area contributed by atoms with Crippen molar-refractivity contribution in [3.8, 4) is 23.0 Å². The molecule has 0 aliphatic heterocycles. The molecule has 308 valence electrons. The van der Waals surface area contributed by atoms with Gasteiger partial charge in [-0.3, -0.25) is 0 Å². The highest BCUT2D eigenvalue weighted by Crippen LogP contribution is 2.34. The van der Waals surface area contributed by atoms with Crippen molar-refractivity contribution in [2.75, 3.05) is 0 Å². The topological polar surface area (TPSA) is 80.9 Å². The number of benzene rings is 4. The number of aromatic hydroxyl groups is 4. The van der Waals surface area contributed by atoms with E-state index in [-0.39, 0.29) is 0 Å². The Bertz CT molecular complexity index is 1660. The largest absolute Gasteiger partial charge is 0.507 e. The third kappa shape index (κ3) is 14.9. The molecule has 4 aromatic rings. The lowest BCUT2D eigenvalue weighted by Crippen LogP contribution is -1.99. The molecule has 0 atom stereocenters. The maximum absolute atomic E-state index is 11.1. The zero-order chi connectivity index (χ0) is 41.0. The average Bonchev–Trinajstić information content (AvgIpc) is 3.17. The van der Waals surface area contributed by atoms with Crippen LogP contribution in [0.3, 0.4) is 0 Å². The number of rotatable bonds is 22. The van der Waals surface area contributed by atoms with Crippen molar-refractivity contribution in [3.05, 3.63) is 115 Å². The van der Waals surface area contributed by atoms with Crippen LogP contribution in [0.1, 0.15) is 184 Å². The van der Waals surface area contributed by atoms with Gasteiger partial charge in [-0.05, 0) is 122 Å². The first kappa shape index (κ1) is 46.5. The van der Waals surface area contributed by atoms with Crippen LogP contribution >= 0.6 is 0 Å². The highest BCUT2D eigenvalue weighted by Gasteiger charge is 2.15. The van der Waals surface area contributed by atoms with E-state index in [1.54, 1.807) is 0 Å². The molecule has 0 aliphatic carbocycles. The van der Waals surface area contributed by atoms with Gasteiger partial charge >= 0.3 is 0 Å². The van der Waals surface area contributed by atoms with E-state index in [9.17, 15) is 20.4 Å². The number of hydrogen-bond donors (Lipinski definition) is 4. The second-order valence-corrected chi connectivity index (χ2v) is 16.5. The van der Waals surface area contributed by atoms with Crippen LogP contribution in [-0.4, -0.2) is 20.4 Å². The van der Waals surface area contributed by atoms with Crippen LogP contribution in [-0.2, 0) is 38.5 Å². The van der Waals surface area contributed by atoms with Gasteiger partial charge < -0.3 is 20.4 Å². The summed E-state index contributed by atoms with van der Waals surface area (Å²) in [6, 6.07) is 16.6. The van der Waals surface area contributed by atoms with Gasteiger partial charge in [0.15, 0.2) is 0 Å². The lowest BCUT2D eigenvalue weighted by molar-refractivity contribution is 0.453. The van der Waals surface area contributed by atoms with Crippen molar-refractivity contribution >= 4 is 0 Å². The summed E-state index contributed by atoms with van der Waals surface area (Å²) in [6.07, 6.45) is 22.8. The molecular weight excluding hydrogens is 689 g/mol. The van der Waals surface area contributed by atoms with E-state index in [4.69, 9.17) is 0 Å². The van der Waals surface area contributed by atoms with Crippen LogP contribution in [0, 0.1) is 27.7 Å². The fraction of sp³-hybridized carbons (Fsp3) is 0.538. The molecule has 0 radical (unpaired) electrons. The highest BCUT2D eigenvalue weighted by atomic mass is 16.3. The molecular formula is C52H76O4. The van der Waals surface area contributed by atoms with E-state index in [0.29, 0.717) is 35.8 Å². The Morgan fingerprint density at radius 2 is 0.643 bits per heavy atom. The molecule has 0 fully saturated rings. The quantitative estimate of drug-likeness (QED) is 0.0601. The Morgan fingerprint density at radius 1 is 0.339 bits per heavy atom. The summed E-state index contributed by atoms with van der Waals surface area (Å²) in [4.78, 5) is 0. The van der Waals surface area contributed by atoms with Crippen LogP contribution in [0.5, 0.6) is 23.0 Å². The summed E-state index contributed by atoms with van der Waals surface area (Å²) in [5.41, 5.74) is 12.3. The molecule has 4 heteroatoms. The Morgan fingerprint density at radius 3 is 0.982 bits per heavy atom. The molecule has 4 aromatic carbocycles. The molecule has 0 bridgehead atoms. The van der Waals surface area contributed by atoms with Crippen molar-refractivity contribution in [1.82, 2.24) is 0 Å². The van der Waals surface area contributed by atoms with Gasteiger partial charge in [0, 0.05) is 12.8 Å². The van der Waals surface area contributed by atoms with Crippen LogP contribution in [0.25, 0.3) is 0 Å². The lowest BCUT2D eigenvalue weighted by Gasteiger charge is -2.15. The standard InChI is InChI=1S/C33H52O2.C19H24O2/c1-5-7-9-11-13-15-17-19-28-21-26(3)23-30(32(28)34)25-31-24-27(4)22-29(33(31)35)20-18-16-14-12-10-8-6-2;1-5-14-7-12(3)18(20)16(9-14)11-17-10-15(6-2)8-13(4)19(17)21/h21-24,34-35H,5-20,25H2,1-4H3;7-10,20-21H,5-6,11H2,1-4H3. The summed E-state index contributed by atoms with van der Waals surface area (Å²) in [7, 11) is 0. The molecule has 0 aromatic heterocycles. The van der Waals surface area contributed by atoms with E-state index in [1.165, 1.54) is 99.3 Å². The van der Waals surface area contributed by atoms with E-state index in [1.807, 2.05) is 38.1 Å². The first-order valence-corrected chi connectivity index (χ1v) is 22.2. The SMILES string of the molecule is CCCCCCCCCc1cc(C)cc(Cc2cc(C)cc(CCCCCCCCC)c2O)c1O.CCc1cc(C)c(O)c(Cc2cc(CC)cc(C)c2O)c1. The molecule has 4 rings (SSSR count). The Labute approximate surface area is 341 Å². The minimum absolute atomic E-state index is 0.339. The van der Waals surface area contributed by atoms with E-state index in [0.717, 1.165) is 83.0 Å². The molecule has 4 N–H and O–H groups in total. The van der Waals surface area contributed by atoms with E-state index < -0.39 is 0 Å². The van der Waals surface area contributed by atoms with Gasteiger partial charge in [0.1, 0.15) is 23.0 Å². The molecule has 4 nitrogen and oxygen atoms in total. The predicted octanol–water partition coefficient (Wildman–Crippen LogP) is 14.3. The molecule has 0 unspecified atom stereocenters. The number of aryl methyl sites for hydroxylation is 8. The summed E-state index contributed by atoms with van der Waals surface area (Å²) >= 11 is 0. The maximum Gasteiger partial charge on any atom is 0.122 e. The normalized spacial score (nSPS) is 11.1. The highest BCUT2D eigenvalue weighted by molar-refractivity contribution is 5.52. The van der Waals surface area contributed by atoms with Gasteiger partial charge in [-0.1, -0.05) is 164 Å². The minimum Gasteiger partial charge on any atom is -0.507 e. The molecule has 0 amide bonds. The van der Waals surface area contributed by atoms with Gasteiger partial charge in [0.25, 0.3) is 0 Å².